The first-order chi connectivity index (χ1) is 14.1. The van der Waals surface area contributed by atoms with E-state index in [1.165, 1.54) is 29.7 Å². The second-order valence-electron chi connectivity index (χ2n) is 8.64. The fourth-order valence-corrected chi connectivity index (χ4v) is 4.79. The lowest BCUT2D eigenvalue weighted by molar-refractivity contribution is -0.157. The summed E-state index contributed by atoms with van der Waals surface area (Å²) < 4.78 is 18.9. The molecule has 0 saturated heterocycles. The zero-order chi connectivity index (χ0) is 20.6. The van der Waals surface area contributed by atoms with Crippen LogP contribution in [0.25, 0.3) is 0 Å². The van der Waals surface area contributed by atoms with E-state index in [0.717, 1.165) is 57.8 Å². The predicted molar refractivity (Wildman–Crippen MR) is 112 cm³/mol. The SMILES string of the molecule is CCCc1ccc([C@H]2CC[C@H](C(=O)O[C@H]3CC[C@H](C=C(F)C#N)CC3)CC2)cc1. The number of nitrogens with zero attached hydrogens (tertiary/aromatic N) is 1. The van der Waals surface area contributed by atoms with Gasteiger partial charge in [0, 0.05) is 0 Å². The van der Waals surface area contributed by atoms with Crippen molar-refractivity contribution in [2.45, 2.75) is 83.2 Å². The third-order valence-electron chi connectivity index (χ3n) is 6.54. The Hall–Kier alpha value is -2.15. The first-order valence-corrected chi connectivity index (χ1v) is 11.2. The number of ether oxygens (including phenoxy) is 1. The largest absolute Gasteiger partial charge is 0.462 e. The van der Waals surface area contributed by atoms with E-state index in [0.29, 0.717) is 5.92 Å². The van der Waals surface area contributed by atoms with Crippen molar-refractivity contribution in [3.63, 3.8) is 0 Å². The van der Waals surface area contributed by atoms with Crippen LogP contribution >= 0.6 is 0 Å². The predicted octanol–water partition coefficient (Wildman–Crippen LogP) is 6.39. The monoisotopic (exact) mass is 397 g/mol. The summed E-state index contributed by atoms with van der Waals surface area (Å²) in [5.41, 5.74) is 2.79. The molecule has 2 aliphatic rings. The summed E-state index contributed by atoms with van der Waals surface area (Å²) >= 11 is 0. The fraction of sp³-hybridized carbons (Fsp3) is 0.600. The van der Waals surface area contributed by atoms with Crippen LogP contribution in [0.2, 0.25) is 0 Å². The molecule has 0 heterocycles. The average molecular weight is 398 g/mol. The van der Waals surface area contributed by atoms with Crippen LogP contribution in [-0.4, -0.2) is 12.1 Å². The number of hydrogen-bond donors (Lipinski definition) is 0. The third kappa shape index (κ3) is 6.16. The van der Waals surface area contributed by atoms with Crippen LogP contribution in [0.5, 0.6) is 0 Å². The van der Waals surface area contributed by atoms with E-state index in [9.17, 15) is 9.18 Å². The van der Waals surface area contributed by atoms with Gasteiger partial charge in [-0.25, -0.2) is 0 Å². The molecule has 2 aliphatic carbocycles. The van der Waals surface area contributed by atoms with Crippen LogP contribution in [0.1, 0.15) is 81.8 Å². The number of nitriles is 1. The normalized spacial score (nSPS) is 27.8. The van der Waals surface area contributed by atoms with E-state index in [1.807, 2.05) is 0 Å². The van der Waals surface area contributed by atoms with E-state index in [-0.39, 0.29) is 23.9 Å². The lowest BCUT2D eigenvalue weighted by Gasteiger charge is -2.31. The highest BCUT2D eigenvalue weighted by molar-refractivity contribution is 5.72. The molecule has 2 saturated carbocycles. The Balaban J connectivity index is 1.42. The minimum atomic E-state index is -0.706. The summed E-state index contributed by atoms with van der Waals surface area (Å²) in [5.74, 6) is -0.110. The molecule has 0 spiro atoms. The quantitative estimate of drug-likeness (QED) is 0.413. The highest BCUT2D eigenvalue weighted by Gasteiger charge is 2.31. The van der Waals surface area contributed by atoms with Gasteiger partial charge in [-0.2, -0.15) is 9.65 Å². The molecule has 0 amide bonds. The highest BCUT2D eigenvalue weighted by Crippen LogP contribution is 2.37. The van der Waals surface area contributed by atoms with Crippen LogP contribution in [0.15, 0.2) is 36.2 Å². The molecule has 156 valence electrons. The number of rotatable bonds is 6. The molecule has 2 fully saturated rings. The molecule has 0 bridgehead atoms. The van der Waals surface area contributed by atoms with Crippen molar-refractivity contribution in [2.24, 2.45) is 11.8 Å². The molecule has 3 nitrogen and oxygen atoms in total. The molecule has 0 radical (unpaired) electrons. The van der Waals surface area contributed by atoms with E-state index in [4.69, 9.17) is 10.00 Å². The van der Waals surface area contributed by atoms with E-state index in [1.54, 1.807) is 0 Å². The molecule has 0 atom stereocenters. The minimum Gasteiger partial charge on any atom is -0.462 e. The summed E-state index contributed by atoms with van der Waals surface area (Å²) in [6.07, 6.45) is 10.6. The number of carbonyl (C=O) groups excluding carboxylic acids is 1. The lowest BCUT2D eigenvalue weighted by atomic mass is 9.78. The van der Waals surface area contributed by atoms with Gasteiger partial charge in [0.15, 0.2) is 5.83 Å². The topological polar surface area (TPSA) is 50.1 Å². The molecule has 1 aromatic rings. The van der Waals surface area contributed by atoms with Crippen LogP contribution in [0.4, 0.5) is 4.39 Å². The molecular weight excluding hydrogens is 365 g/mol. The second kappa shape index (κ2) is 10.6. The van der Waals surface area contributed by atoms with Crippen LogP contribution in [0.3, 0.4) is 0 Å². The van der Waals surface area contributed by atoms with Gasteiger partial charge in [0.05, 0.1) is 5.92 Å². The Kier molecular flexibility index (Phi) is 7.86. The first-order valence-electron chi connectivity index (χ1n) is 11.2. The molecular formula is C25H32FNO2. The van der Waals surface area contributed by atoms with Gasteiger partial charge in [-0.1, -0.05) is 37.6 Å². The maximum atomic E-state index is 13.1. The number of hydrogen-bond acceptors (Lipinski definition) is 3. The standard InChI is InChI=1S/C25H32FNO2/c1-2-3-18-4-8-20(9-5-18)21-10-12-22(13-11-21)25(28)29-24-14-6-19(7-15-24)16-23(26)17-27/h4-5,8-9,16,19,21-22,24H,2-3,6-7,10-15H2,1H3/t19-,21-,22-,24-. The van der Waals surface area contributed by atoms with Gasteiger partial charge in [0.1, 0.15) is 12.2 Å². The van der Waals surface area contributed by atoms with Gasteiger partial charge >= 0.3 is 5.97 Å². The number of aryl methyl sites for hydroxylation is 1. The third-order valence-corrected chi connectivity index (χ3v) is 6.54. The van der Waals surface area contributed by atoms with Gasteiger partial charge in [0.2, 0.25) is 0 Å². The number of esters is 1. The zero-order valence-electron chi connectivity index (χ0n) is 17.4. The Morgan fingerprint density at radius 2 is 1.76 bits per heavy atom. The van der Waals surface area contributed by atoms with Crippen molar-refractivity contribution in [1.82, 2.24) is 0 Å². The maximum Gasteiger partial charge on any atom is 0.309 e. The van der Waals surface area contributed by atoms with E-state index >= 15 is 0 Å². The number of allylic oxidation sites excluding steroid dienone is 2. The zero-order valence-corrected chi connectivity index (χ0v) is 17.4. The molecule has 29 heavy (non-hydrogen) atoms. The van der Waals surface area contributed by atoms with Gasteiger partial charge in [-0.05, 0) is 86.8 Å². The Bertz CT molecular complexity index is 733. The van der Waals surface area contributed by atoms with Gasteiger partial charge < -0.3 is 4.74 Å². The van der Waals surface area contributed by atoms with Crippen molar-refractivity contribution < 1.29 is 13.9 Å². The molecule has 3 rings (SSSR count). The molecule has 0 N–H and O–H groups in total. The van der Waals surface area contributed by atoms with Crippen molar-refractivity contribution in [3.05, 3.63) is 47.3 Å². The van der Waals surface area contributed by atoms with Crippen LogP contribution in [0, 0.1) is 23.2 Å². The Morgan fingerprint density at radius 3 is 2.34 bits per heavy atom. The van der Waals surface area contributed by atoms with E-state index < -0.39 is 5.83 Å². The smallest absolute Gasteiger partial charge is 0.309 e. The van der Waals surface area contributed by atoms with Crippen molar-refractivity contribution in [3.8, 4) is 6.07 Å². The minimum absolute atomic E-state index is 0.0132. The van der Waals surface area contributed by atoms with Crippen molar-refractivity contribution in [1.29, 1.82) is 5.26 Å². The van der Waals surface area contributed by atoms with Crippen molar-refractivity contribution in [2.75, 3.05) is 0 Å². The fourth-order valence-electron chi connectivity index (χ4n) is 4.79. The first kappa shape index (κ1) is 21.6. The highest BCUT2D eigenvalue weighted by atomic mass is 19.1. The van der Waals surface area contributed by atoms with Gasteiger partial charge in [-0.15, -0.1) is 0 Å². The summed E-state index contributed by atoms with van der Waals surface area (Å²) in [7, 11) is 0. The van der Waals surface area contributed by atoms with Crippen molar-refractivity contribution >= 4 is 5.97 Å². The van der Waals surface area contributed by atoms with Gasteiger partial charge in [-0.3, -0.25) is 4.79 Å². The molecule has 4 heteroatoms. The maximum absolute atomic E-state index is 13.1. The summed E-state index contributed by atoms with van der Waals surface area (Å²) in [6.45, 7) is 2.20. The van der Waals surface area contributed by atoms with E-state index in [2.05, 4.69) is 31.2 Å². The Morgan fingerprint density at radius 1 is 1.10 bits per heavy atom. The summed E-state index contributed by atoms with van der Waals surface area (Å²) in [4.78, 5) is 12.6. The molecule has 0 unspecified atom stereocenters. The van der Waals surface area contributed by atoms with Crippen LogP contribution in [-0.2, 0) is 16.0 Å². The molecule has 0 aromatic heterocycles. The number of benzene rings is 1. The molecule has 0 aliphatic heterocycles. The second-order valence-corrected chi connectivity index (χ2v) is 8.64. The van der Waals surface area contributed by atoms with Crippen LogP contribution < -0.4 is 0 Å². The summed E-state index contributed by atoms with van der Waals surface area (Å²) in [5, 5.41) is 8.54. The summed E-state index contributed by atoms with van der Waals surface area (Å²) in [6, 6.07) is 10.5. The Labute approximate surface area is 173 Å². The van der Waals surface area contributed by atoms with Gasteiger partial charge in [0.25, 0.3) is 0 Å². The average Bonchev–Trinajstić information content (AvgIpc) is 2.76. The lowest BCUT2D eigenvalue weighted by Crippen LogP contribution is -2.29. The molecule has 1 aromatic carbocycles. The number of halogens is 1. The number of carbonyl (C=O) groups is 1.